The quantitative estimate of drug-likeness (QED) is 0.879. The second kappa shape index (κ2) is 6.14. The third-order valence-electron chi connectivity index (χ3n) is 3.02. The van der Waals surface area contributed by atoms with Crippen molar-refractivity contribution in [2.75, 3.05) is 24.4 Å². The van der Waals surface area contributed by atoms with Crippen LogP contribution in [-0.2, 0) is 4.79 Å². The molecule has 0 unspecified atom stereocenters. The van der Waals surface area contributed by atoms with Gasteiger partial charge < -0.3 is 15.5 Å². The fourth-order valence-electron chi connectivity index (χ4n) is 1.97. The van der Waals surface area contributed by atoms with Crippen molar-refractivity contribution in [2.24, 2.45) is 0 Å². The number of ether oxygens (including phenoxy) is 1. The number of aryl methyl sites for hydroxylation is 2. The number of carbonyl (C=O) groups is 1. The van der Waals surface area contributed by atoms with Crippen LogP contribution in [0.1, 0.15) is 11.4 Å². The van der Waals surface area contributed by atoms with Crippen LogP contribution in [0.4, 0.5) is 5.69 Å². The first-order chi connectivity index (χ1) is 9.60. The number of methoxy groups -OCH3 is 1. The molecule has 1 aromatic heterocycles. The number of rotatable bonds is 5. The molecule has 0 radical (unpaired) electrons. The molecule has 0 aliphatic heterocycles. The number of nitrogens with zero attached hydrogens (tertiary/aromatic N) is 1. The van der Waals surface area contributed by atoms with Crippen molar-refractivity contribution in [3.05, 3.63) is 47.8 Å². The Morgan fingerprint density at radius 1 is 1.20 bits per heavy atom. The lowest BCUT2D eigenvalue weighted by molar-refractivity contribution is -0.114. The van der Waals surface area contributed by atoms with Crippen LogP contribution in [0.15, 0.2) is 36.4 Å². The molecule has 0 aliphatic carbocycles. The molecule has 0 spiro atoms. The monoisotopic (exact) mass is 273 g/mol. The predicted octanol–water partition coefficient (Wildman–Crippen LogP) is 2.30. The van der Waals surface area contributed by atoms with Crippen molar-refractivity contribution < 1.29 is 9.53 Å². The molecular formula is C15H19N3O2. The Morgan fingerprint density at radius 2 is 1.90 bits per heavy atom. The largest absolute Gasteiger partial charge is 0.497 e. The van der Waals surface area contributed by atoms with Crippen LogP contribution in [0.5, 0.6) is 5.75 Å². The number of anilines is 1. The summed E-state index contributed by atoms with van der Waals surface area (Å²) in [6.45, 7) is 4.17. The van der Waals surface area contributed by atoms with Crippen molar-refractivity contribution in [1.29, 1.82) is 0 Å². The Morgan fingerprint density at radius 3 is 2.55 bits per heavy atom. The van der Waals surface area contributed by atoms with Crippen molar-refractivity contribution in [1.82, 2.24) is 4.68 Å². The lowest BCUT2D eigenvalue weighted by Gasteiger charge is -2.13. The van der Waals surface area contributed by atoms with Gasteiger partial charge in [0.2, 0.25) is 5.91 Å². The van der Waals surface area contributed by atoms with Gasteiger partial charge in [0, 0.05) is 23.1 Å². The average molecular weight is 273 g/mol. The lowest BCUT2D eigenvalue weighted by atomic mass is 10.3. The SMILES string of the molecule is COc1cccc(NC(=O)CNn2c(C)ccc2C)c1. The van der Waals surface area contributed by atoms with Gasteiger partial charge in [-0.15, -0.1) is 0 Å². The molecule has 0 fully saturated rings. The van der Waals surface area contributed by atoms with Crippen molar-refractivity contribution >= 4 is 11.6 Å². The molecule has 1 heterocycles. The van der Waals surface area contributed by atoms with Crippen LogP contribution in [0, 0.1) is 13.8 Å². The minimum atomic E-state index is -0.106. The van der Waals surface area contributed by atoms with Crippen LogP contribution in [0.25, 0.3) is 0 Å². The highest BCUT2D eigenvalue weighted by atomic mass is 16.5. The summed E-state index contributed by atoms with van der Waals surface area (Å²) >= 11 is 0. The Bertz CT molecular complexity index is 585. The Kier molecular flexibility index (Phi) is 4.30. The van der Waals surface area contributed by atoms with Gasteiger partial charge in [-0.1, -0.05) is 6.07 Å². The molecule has 1 aromatic carbocycles. The number of hydrogen-bond acceptors (Lipinski definition) is 3. The first-order valence-electron chi connectivity index (χ1n) is 6.43. The van der Waals surface area contributed by atoms with Gasteiger partial charge in [0.05, 0.1) is 7.11 Å². The van der Waals surface area contributed by atoms with Crippen LogP contribution >= 0.6 is 0 Å². The van der Waals surface area contributed by atoms with E-state index in [0.29, 0.717) is 5.75 Å². The van der Waals surface area contributed by atoms with E-state index in [-0.39, 0.29) is 12.5 Å². The van der Waals surface area contributed by atoms with E-state index < -0.39 is 0 Å². The summed E-state index contributed by atoms with van der Waals surface area (Å²) < 4.78 is 7.01. The van der Waals surface area contributed by atoms with E-state index in [9.17, 15) is 4.79 Å². The average Bonchev–Trinajstić information content (AvgIpc) is 2.76. The summed E-state index contributed by atoms with van der Waals surface area (Å²) in [4.78, 5) is 11.9. The second-order valence-corrected chi connectivity index (χ2v) is 4.57. The Labute approximate surface area is 118 Å². The molecule has 106 valence electrons. The molecule has 0 atom stereocenters. The van der Waals surface area contributed by atoms with Gasteiger partial charge in [-0.2, -0.15) is 0 Å². The summed E-state index contributed by atoms with van der Waals surface area (Å²) in [5.41, 5.74) is 5.94. The number of amides is 1. The number of hydrogen-bond donors (Lipinski definition) is 2. The van der Waals surface area contributed by atoms with Crippen LogP contribution in [0.2, 0.25) is 0 Å². The molecular weight excluding hydrogens is 254 g/mol. The van der Waals surface area contributed by atoms with Crippen molar-refractivity contribution in [2.45, 2.75) is 13.8 Å². The smallest absolute Gasteiger partial charge is 0.245 e. The van der Waals surface area contributed by atoms with Gasteiger partial charge in [-0.05, 0) is 38.1 Å². The third kappa shape index (κ3) is 3.32. The van der Waals surface area contributed by atoms with Gasteiger partial charge in [0.1, 0.15) is 12.3 Å². The van der Waals surface area contributed by atoms with Gasteiger partial charge in [-0.25, -0.2) is 0 Å². The second-order valence-electron chi connectivity index (χ2n) is 4.57. The van der Waals surface area contributed by atoms with E-state index in [2.05, 4.69) is 10.7 Å². The number of nitrogens with one attached hydrogen (secondary N) is 2. The Balaban J connectivity index is 1.92. The summed E-state index contributed by atoms with van der Waals surface area (Å²) in [5, 5.41) is 2.82. The fraction of sp³-hybridized carbons (Fsp3) is 0.267. The zero-order valence-electron chi connectivity index (χ0n) is 11.9. The highest BCUT2D eigenvalue weighted by Gasteiger charge is 2.05. The topological polar surface area (TPSA) is 55.3 Å². The summed E-state index contributed by atoms with van der Waals surface area (Å²) in [5.74, 6) is 0.610. The van der Waals surface area contributed by atoms with Gasteiger partial charge in [0.25, 0.3) is 0 Å². The molecule has 2 rings (SSSR count). The number of carbonyl (C=O) groups excluding carboxylic acids is 1. The van der Waals surface area contributed by atoms with Crippen LogP contribution < -0.4 is 15.5 Å². The molecule has 1 amide bonds. The highest BCUT2D eigenvalue weighted by Crippen LogP contribution is 2.16. The molecule has 2 N–H and O–H groups in total. The van der Waals surface area contributed by atoms with Gasteiger partial charge >= 0.3 is 0 Å². The standard InChI is InChI=1S/C15H19N3O2/c1-11-7-8-12(2)18(11)16-10-15(19)17-13-5-4-6-14(9-13)20-3/h4-9,16H,10H2,1-3H3,(H,17,19). The molecule has 20 heavy (non-hydrogen) atoms. The minimum absolute atomic E-state index is 0.106. The summed E-state index contributed by atoms with van der Waals surface area (Å²) in [6, 6.07) is 11.3. The van der Waals surface area contributed by atoms with Gasteiger partial charge in [0.15, 0.2) is 0 Å². The van der Waals surface area contributed by atoms with Crippen molar-refractivity contribution in [3.63, 3.8) is 0 Å². The molecule has 0 saturated carbocycles. The van der Waals surface area contributed by atoms with Crippen LogP contribution in [0.3, 0.4) is 0 Å². The van der Waals surface area contributed by atoms with E-state index in [1.165, 1.54) is 0 Å². The molecule has 5 heteroatoms. The highest BCUT2D eigenvalue weighted by molar-refractivity contribution is 5.93. The summed E-state index contributed by atoms with van der Waals surface area (Å²) in [6.07, 6.45) is 0. The minimum Gasteiger partial charge on any atom is -0.497 e. The number of aromatic nitrogens is 1. The fourth-order valence-corrected chi connectivity index (χ4v) is 1.97. The van der Waals surface area contributed by atoms with E-state index in [0.717, 1.165) is 17.1 Å². The molecule has 0 bridgehead atoms. The lowest BCUT2D eigenvalue weighted by Crippen LogP contribution is -2.28. The van der Waals surface area contributed by atoms with Gasteiger partial charge in [-0.3, -0.25) is 9.47 Å². The Hall–Kier alpha value is -2.43. The van der Waals surface area contributed by atoms with Crippen molar-refractivity contribution in [3.8, 4) is 5.75 Å². The first-order valence-corrected chi connectivity index (χ1v) is 6.43. The molecule has 0 aliphatic rings. The van der Waals surface area contributed by atoms with E-state index in [1.807, 2.05) is 48.9 Å². The first kappa shape index (κ1) is 14.0. The molecule has 5 nitrogen and oxygen atoms in total. The third-order valence-corrected chi connectivity index (χ3v) is 3.02. The maximum atomic E-state index is 11.9. The zero-order chi connectivity index (χ0) is 14.5. The normalized spacial score (nSPS) is 10.2. The zero-order valence-corrected chi connectivity index (χ0v) is 11.9. The van der Waals surface area contributed by atoms with Crippen LogP contribution in [-0.4, -0.2) is 24.2 Å². The maximum Gasteiger partial charge on any atom is 0.245 e. The van der Waals surface area contributed by atoms with E-state index >= 15 is 0 Å². The summed E-state index contributed by atoms with van der Waals surface area (Å²) in [7, 11) is 1.60. The van der Waals surface area contributed by atoms with E-state index in [1.54, 1.807) is 13.2 Å². The van der Waals surface area contributed by atoms with E-state index in [4.69, 9.17) is 4.74 Å². The molecule has 2 aromatic rings. The number of benzene rings is 1. The maximum absolute atomic E-state index is 11.9. The predicted molar refractivity (Wildman–Crippen MR) is 79.8 cm³/mol. The molecule has 0 saturated heterocycles.